The Labute approximate surface area is 205 Å². The molecule has 6 nitrogen and oxygen atoms in total. The van der Waals surface area contributed by atoms with E-state index in [1.807, 2.05) is 37.5 Å². The molecule has 0 aliphatic carbocycles. The Morgan fingerprint density at radius 3 is 2.60 bits per heavy atom. The monoisotopic (exact) mass is 464 g/mol. The van der Waals surface area contributed by atoms with E-state index in [0.29, 0.717) is 23.1 Å². The lowest BCUT2D eigenvalue weighted by molar-refractivity contribution is 0.0521. The summed E-state index contributed by atoms with van der Waals surface area (Å²) in [5.41, 5.74) is 2.73. The van der Waals surface area contributed by atoms with Gasteiger partial charge in [-0.3, -0.25) is 14.8 Å². The van der Waals surface area contributed by atoms with Gasteiger partial charge in [-0.25, -0.2) is 4.98 Å². The Hall–Kier alpha value is -3.80. The lowest BCUT2D eigenvalue weighted by Crippen LogP contribution is -2.47. The summed E-state index contributed by atoms with van der Waals surface area (Å²) < 4.78 is 5.98. The van der Waals surface area contributed by atoms with E-state index in [2.05, 4.69) is 44.1 Å². The third-order valence-corrected chi connectivity index (χ3v) is 7.42. The third-order valence-electron chi connectivity index (χ3n) is 7.42. The van der Waals surface area contributed by atoms with Crippen LogP contribution in [-0.4, -0.2) is 37.8 Å². The molecule has 6 heteroatoms. The molecule has 2 fully saturated rings. The van der Waals surface area contributed by atoms with Crippen molar-refractivity contribution in [1.29, 1.82) is 0 Å². The molecule has 4 aromatic rings. The summed E-state index contributed by atoms with van der Waals surface area (Å²) in [6.07, 6.45) is 12.4. The van der Waals surface area contributed by atoms with Gasteiger partial charge in [0.25, 0.3) is 5.91 Å². The zero-order valence-electron chi connectivity index (χ0n) is 19.8. The molecule has 0 radical (unpaired) electrons. The van der Waals surface area contributed by atoms with Crippen molar-refractivity contribution < 1.29 is 9.53 Å². The number of aromatic nitrogens is 3. The summed E-state index contributed by atoms with van der Waals surface area (Å²) in [6.45, 7) is 1.93. The Balaban J connectivity index is 1.20. The van der Waals surface area contributed by atoms with Gasteiger partial charge in [0.05, 0.1) is 6.20 Å². The van der Waals surface area contributed by atoms with Crippen molar-refractivity contribution in [1.82, 2.24) is 19.9 Å². The minimum atomic E-state index is 0.0194. The van der Waals surface area contributed by atoms with Gasteiger partial charge in [0.1, 0.15) is 11.3 Å². The zero-order valence-corrected chi connectivity index (χ0v) is 19.8. The molecule has 1 aromatic carbocycles. The number of aryl methyl sites for hydroxylation is 1. The largest absolute Gasteiger partial charge is 0.437 e. The van der Waals surface area contributed by atoms with Crippen molar-refractivity contribution in [3.05, 3.63) is 90.1 Å². The molecule has 2 atom stereocenters. The fourth-order valence-corrected chi connectivity index (χ4v) is 5.84. The van der Waals surface area contributed by atoms with E-state index in [9.17, 15) is 4.79 Å². The molecular weight excluding hydrogens is 436 g/mol. The van der Waals surface area contributed by atoms with Gasteiger partial charge in [-0.2, -0.15) is 0 Å². The van der Waals surface area contributed by atoms with Crippen molar-refractivity contribution in [3.8, 4) is 11.6 Å². The highest BCUT2D eigenvalue weighted by Crippen LogP contribution is 2.42. The Kier molecular flexibility index (Phi) is 5.64. The average molecular weight is 465 g/mol. The van der Waals surface area contributed by atoms with Crippen molar-refractivity contribution in [2.75, 3.05) is 0 Å². The first-order valence-electron chi connectivity index (χ1n) is 12.4. The van der Waals surface area contributed by atoms with E-state index in [4.69, 9.17) is 4.74 Å². The highest BCUT2D eigenvalue weighted by atomic mass is 16.5. The average Bonchev–Trinajstić information content (AvgIpc) is 3.15. The topological polar surface area (TPSA) is 68.2 Å². The van der Waals surface area contributed by atoms with Crippen LogP contribution < -0.4 is 4.74 Å². The number of ether oxygens (including phenoxy) is 1. The van der Waals surface area contributed by atoms with Gasteiger partial charge in [-0.1, -0.05) is 24.3 Å². The SMILES string of the molecule is Cc1ccc(Oc2ncccc2C(=O)N2[C@H]3CC[C@H]2CC(Cc2cncc4ccccc24)C3)cn1. The molecule has 1 amide bonds. The first kappa shape index (κ1) is 21.7. The molecule has 0 spiro atoms. The highest BCUT2D eigenvalue weighted by Gasteiger charge is 2.44. The van der Waals surface area contributed by atoms with Crippen LogP contribution in [0, 0.1) is 12.8 Å². The van der Waals surface area contributed by atoms with E-state index in [0.717, 1.165) is 37.8 Å². The summed E-state index contributed by atoms with van der Waals surface area (Å²) in [4.78, 5) is 29.0. The number of benzene rings is 1. The lowest BCUT2D eigenvalue weighted by atomic mass is 9.85. The van der Waals surface area contributed by atoms with Crippen LogP contribution in [0.1, 0.15) is 47.3 Å². The van der Waals surface area contributed by atoms with Crippen LogP contribution >= 0.6 is 0 Å². The number of carbonyl (C=O) groups is 1. The Morgan fingerprint density at radius 1 is 0.971 bits per heavy atom. The van der Waals surface area contributed by atoms with Gasteiger partial charge in [0.15, 0.2) is 0 Å². The predicted molar refractivity (Wildman–Crippen MR) is 134 cm³/mol. The molecule has 0 saturated carbocycles. The van der Waals surface area contributed by atoms with Crippen molar-refractivity contribution in [2.24, 2.45) is 5.92 Å². The van der Waals surface area contributed by atoms with E-state index in [1.54, 1.807) is 18.5 Å². The van der Waals surface area contributed by atoms with Crippen LogP contribution in [0.5, 0.6) is 11.6 Å². The van der Waals surface area contributed by atoms with Crippen LogP contribution in [0.15, 0.2) is 73.3 Å². The van der Waals surface area contributed by atoms with Crippen molar-refractivity contribution >= 4 is 16.7 Å². The first-order chi connectivity index (χ1) is 17.2. The Bertz CT molecular complexity index is 1350. The van der Waals surface area contributed by atoms with E-state index in [-0.39, 0.29) is 18.0 Å². The molecule has 176 valence electrons. The molecule has 35 heavy (non-hydrogen) atoms. The zero-order chi connectivity index (χ0) is 23.8. The molecule has 5 heterocycles. The third kappa shape index (κ3) is 4.25. The second-order valence-corrected chi connectivity index (χ2v) is 9.75. The van der Waals surface area contributed by atoms with E-state index >= 15 is 0 Å². The molecular formula is C29H28N4O2. The fourth-order valence-electron chi connectivity index (χ4n) is 5.84. The molecule has 0 N–H and O–H groups in total. The van der Waals surface area contributed by atoms with Gasteiger partial charge in [0, 0.05) is 41.8 Å². The van der Waals surface area contributed by atoms with Gasteiger partial charge >= 0.3 is 0 Å². The molecule has 2 aliphatic rings. The summed E-state index contributed by atoms with van der Waals surface area (Å²) in [5, 5.41) is 2.48. The smallest absolute Gasteiger partial charge is 0.259 e. The van der Waals surface area contributed by atoms with E-state index < -0.39 is 0 Å². The minimum Gasteiger partial charge on any atom is -0.437 e. The summed E-state index contributed by atoms with van der Waals surface area (Å²) >= 11 is 0. The molecule has 0 unspecified atom stereocenters. The van der Waals surface area contributed by atoms with Gasteiger partial charge in [-0.05, 0) is 80.2 Å². The normalized spacial score (nSPS) is 21.3. The van der Waals surface area contributed by atoms with Crippen molar-refractivity contribution in [3.63, 3.8) is 0 Å². The molecule has 3 aromatic heterocycles. The van der Waals surface area contributed by atoms with E-state index in [1.165, 1.54) is 16.3 Å². The number of carbonyl (C=O) groups excluding carboxylic acids is 1. The lowest BCUT2D eigenvalue weighted by Gasteiger charge is -2.39. The summed E-state index contributed by atoms with van der Waals surface area (Å²) in [6, 6.07) is 16.3. The first-order valence-corrected chi connectivity index (χ1v) is 12.4. The van der Waals surface area contributed by atoms with Crippen LogP contribution in [0.3, 0.4) is 0 Å². The summed E-state index contributed by atoms with van der Waals surface area (Å²) in [5.74, 6) is 1.48. The number of hydrogen-bond donors (Lipinski definition) is 0. The molecule has 2 saturated heterocycles. The number of piperidine rings is 1. The predicted octanol–water partition coefficient (Wildman–Crippen LogP) is 5.75. The number of fused-ring (bicyclic) bond motifs is 3. The summed E-state index contributed by atoms with van der Waals surface area (Å²) in [7, 11) is 0. The number of rotatable bonds is 5. The molecule has 2 aliphatic heterocycles. The fraction of sp³-hybridized carbons (Fsp3) is 0.310. The minimum absolute atomic E-state index is 0.0194. The number of hydrogen-bond acceptors (Lipinski definition) is 5. The van der Waals surface area contributed by atoms with Gasteiger partial charge in [-0.15, -0.1) is 0 Å². The van der Waals surface area contributed by atoms with Crippen LogP contribution in [0.2, 0.25) is 0 Å². The standard InChI is InChI=1S/C29H28N4O2/c1-19-8-11-25(18-32-19)35-28-27(7-4-12-31-28)29(34)33-23-9-10-24(33)15-20(14-23)13-22-17-30-16-21-5-2-3-6-26(21)22/h2-8,11-12,16-18,20,23-24H,9-10,13-15H2,1H3/t23-,24-/m0/s1. The number of pyridine rings is 3. The van der Waals surface area contributed by atoms with Crippen LogP contribution in [0.25, 0.3) is 10.8 Å². The van der Waals surface area contributed by atoms with Crippen LogP contribution in [-0.2, 0) is 6.42 Å². The van der Waals surface area contributed by atoms with Gasteiger partial charge < -0.3 is 9.64 Å². The molecule has 6 rings (SSSR count). The maximum atomic E-state index is 13.7. The number of nitrogens with zero attached hydrogens (tertiary/aromatic N) is 4. The molecule has 2 bridgehead atoms. The maximum absolute atomic E-state index is 13.7. The second kappa shape index (κ2) is 9.10. The van der Waals surface area contributed by atoms with Gasteiger partial charge in [0.2, 0.25) is 5.88 Å². The number of amides is 1. The second-order valence-electron chi connectivity index (χ2n) is 9.75. The quantitative estimate of drug-likeness (QED) is 0.376. The van der Waals surface area contributed by atoms with Crippen LogP contribution in [0.4, 0.5) is 0 Å². The Morgan fingerprint density at radius 2 is 1.80 bits per heavy atom. The highest BCUT2D eigenvalue weighted by molar-refractivity contribution is 5.97. The maximum Gasteiger partial charge on any atom is 0.259 e. The van der Waals surface area contributed by atoms with Crippen molar-refractivity contribution in [2.45, 2.75) is 51.1 Å².